The maximum absolute atomic E-state index is 13.5. The molecule has 78 valence electrons. The Kier molecular flexibility index (Phi) is 2.51. The number of benzene rings is 1. The van der Waals surface area contributed by atoms with Crippen LogP contribution in [-0.4, -0.2) is 9.97 Å². The van der Waals surface area contributed by atoms with Gasteiger partial charge in [0.1, 0.15) is 11.6 Å². The van der Waals surface area contributed by atoms with Crippen molar-refractivity contribution < 1.29 is 4.39 Å². The summed E-state index contributed by atoms with van der Waals surface area (Å²) in [6.07, 6.45) is 3.27. The smallest absolute Gasteiger partial charge is 0.128 e. The van der Waals surface area contributed by atoms with Gasteiger partial charge in [-0.25, -0.2) is 9.37 Å². The lowest BCUT2D eigenvalue weighted by molar-refractivity contribution is 0.594. The average molecular weight is 205 g/mol. The van der Waals surface area contributed by atoms with Crippen LogP contribution in [0.4, 0.5) is 4.39 Å². The van der Waals surface area contributed by atoms with Gasteiger partial charge >= 0.3 is 0 Å². The van der Waals surface area contributed by atoms with E-state index in [-0.39, 0.29) is 5.82 Å². The summed E-state index contributed by atoms with van der Waals surface area (Å²) in [6, 6.07) is 4.34. The normalized spacial score (nSPS) is 12.7. The molecule has 3 nitrogen and oxygen atoms in total. The molecule has 1 heterocycles. The van der Waals surface area contributed by atoms with Crippen LogP contribution in [0.25, 0.3) is 0 Å². The van der Waals surface area contributed by atoms with Crippen molar-refractivity contribution in [2.24, 2.45) is 5.73 Å². The fraction of sp³-hybridized carbons (Fsp3) is 0.182. The first kappa shape index (κ1) is 9.86. The average Bonchev–Trinajstić information content (AvgIpc) is 2.74. The molecule has 0 spiro atoms. The molecule has 0 saturated heterocycles. The molecule has 2 rings (SSSR count). The first-order valence-corrected chi connectivity index (χ1v) is 4.69. The number of halogens is 1. The molecule has 1 aromatic carbocycles. The van der Waals surface area contributed by atoms with Crippen LogP contribution in [-0.2, 0) is 0 Å². The van der Waals surface area contributed by atoms with Crippen molar-refractivity contribution >= 4 is 0 Å². The minimum atomic E-state index is -0.542. The molecular weight excluding hydrogens is 193 g/mol. The van der Waals surface area contributed by atoms with Crippen LogP contribution in [0.2, 0.25) is 0 Å². The number of aryl methyl sites for hydroxylation is 1. The number of hydrogen-bond donors (Lipinski definition) is 2. The first-order chi connectivity index (χ1) is 7.18. The van der Waals surface area contributed by atoms with E-state index in [4.69, 9.17) is 5.73 Å². The highest BCUT2D eigenvalue weighted by molar-refractivity contribution is 5.30. The van der Waals surface area contributed by atoms with Gasteiger partial charge in [-0.3, -0.25) is 0 Å². The molecule has 1 unspecified atom stereocenters. The third-order valence-corrected chi connectivity index (χ3v) is 2.30. The molecule has 0 saturated carbocycles. The monoisotopic (exact) mass is 205 g/mol. The summed E-state index contributed by atoms with van der Waals surface area (Å²) in [6.45, 7) is 1.90. The van der Waals surface area contributed by atoms with Crippen molar-refractivity contribution in [3.8, 4) is 0 Å². The Morgan fingerprint density at radius 1 is 1.47 bits per heavy atom. The molecular formula is C11H12FN3. The molecule has 3 N–H and O–H groups in total. The summed E-state index contributed by atoms with van der Waals surface area (Å²) < 4.78 is 13.5. The zero-order valence-corrected chi connectivity index (χ0v) is 8.37. The maximum atomic E-state index is 13.5. The quantitative estimate of drug-likeness (QED) is 0.786. The Bertz CT molecular complexity index is 451. The molecule has 1 atom stereocenters. The number of nitrogens with two attached hydrogens (primary N) is 1. The highest BCUT2D eigenvalue weighted by Gasteiger charge is 2.15. The van der Waals surface area contributed by atoms with Gasteiger partial charge in [0.2, 0.25) is 0 Å². The van der Waals surface area contributed by atoms with Crippen molar-refractivity contribution in [3.05, 3.63) is 53.4 Å². The molecule has 0 bridgehead atoms. The Balaban J connectivity index is 2.41. The zero-order chi connectivity index (χ0) is 10.8. The van der Waals surface area contributed by atoms with Crippen molar-refractivity contribution in [3.63, 3.8) is 0 Å². The van der Waals surface area contributed by atoms with Crippen molar-refractivity contribution in [2.75, 3.05) is 0 Å². The zero-order valence-electron chi connectivity index (χ0n) is 8.37. The maximum Gasteiger partial charge on any atom is 0.128 e. The third kappa shape index (κ3) is 1.89. The van der Waals surface area contributed by atoms with Gasteiger partial charge in [0.15, 0.2) is 0 Å². The second-order valence-corrected chi connectivity index (χ2v) is 3.48. The van der Waals surface area contributed by atoms with Gasteiger partial charge < -0.3 is 10.7 Å². The molecule has 1 aromatic heterocycles. The summed E-state index contributed by atoms with van der Waals surface area (Å²) in [5, 5.41) is 0. The standard InChI is InChI=1S/C11H12FN3/c1-7-2-3-9(12)8(6-7)10(13)11-14-4-5-15-11/h2-6,10H,13H2,1H3,(H,14,15). The highest BCUT2D eigenvalue weighted by Crippen LogP contribution is 2.20. The Morgan fingerprint density at radius 3 is 2.93 bits per heavy atom. The van der Waals surface area contributed by atoms with E-state index in [0.29, 0.717) is 11.4 Å². The number of rotatable bonds is 2. The largest absolute Gasteiger partial charge is 0.347 e. The van der Waals surface area contributed by atoms with E-state index in [2.05, 4.69) is 9.97 Å². The van der Waals surface area contributed by atoms with E-state index in [1.165, 1.54) is 6.07 Å². The number of aromatic nitrogens is 2. The van der Waals surface area contributed by atoms with Gasteiger partial charge in [-0.15, -0.1) is 0 Å². The molecule has 0 radical (unpaired) electrons. The van der Waals surface area contributed by atoms with Gasteiger partial charge in [-0.1, -0.05) is 17.7 Å². The Labute approximate surface area is 87.2 Å². The van der Waals surface area contributed by atoms with E-state index in [1.54, 1.807) is 24.5 Å². The number of H-pyrrole nitrogens is 1. The van der Waals surface area contributed by atoms with Crippen LogP contribution in [0.3, 0.4) is 0 Å². The lowest BCUT2D eigenvalue weighted by atomic mass is 10.0. The highest BCUT2D eigenvalue weighted by atomic mass is 19.1. The van der Waals surface area contributed by atoms with Crippen molar-refractivity contribution in [1.29, 1.82) is 0 Å². The van der Waals surface area contributed by atoms with E-state index in [1.807, 2.05) is 6.92 Å². The second kappa shape index (κ2) is 3.82. The van der Waals surface area contributed by atoms with Crippen LogP contribution >= 0.6 is 0 Å². The number of nitrogens with one attached hydrogen (secondary N) is 1. The summed E-state index contributed by atoms with van der Waals surface area (Å²) in [5.41, 5.74) is 7.34. The van der Waals surface area contributed by atoms with Crippen molar-refractivity contribution in [2.45, 2.75) is 13.0 Å². The summed E-state index contributed by atoms with van der Waals surface area (Å²) in [4.78, 5) is 6.90. The lowest BCUT2D eigenvalue weighted by Crippen LogP contribution is -2.15. The van der Waals surface area contributed by atoms with Gasteiger partial charge in [0.05, 0.1) is 6.04 Å². The molecule has 2 aromatic rings. The third-order valence-electron chi connectivity index (χ3n) is 2.30. The van der Waals surface area contributed by atoms with Gasteiger partial charge in [-0.2, -0.15) is 0 Å². The Morgan fingerprint density at radius 2 is 2.27 bits per heavy atom. The van der Waals surface area contributed by atoms with Crippen LogP contribution in [0.5, 0.6) is 0 Å². The predicted octanol–water partition coefficient (Wildman–Crippen LogP) is 1.91. The fourth-order valence-corrected chi connectivity index (χ4v) is 1.50. The topological polar surface area (TPSA) is 54.7 Å². The van der Waals surface area contributed by atoms with Gasteiger partial charge in [0.25, 0.3) is 0 Å². The Hall–Kier alpha value is -1.68. The summed E-state index contributed by atoms with van der Waals surface area (Å²) >= 11 is 0. The van der Waals surface area contributed by atoms with Crippen LogP contribution < -0.4 is 5.73 Å². The molecule has 0 aliphatic heterocycles. The minimum Gasteiger partial charge on any atom is -0.347 e. The van der Waals surface area contributed by atoms with Gasteiger partial charge in [0, 0.05) is 18.0 Å². The number of imidazole rings is 1. The number of hydrogen-bond acceptors (Lipinski definition) is 2. The molecule has 0 amide bonds. The summed E-state index contributed by atoms with van der Waals surface area (Å²) in [5.74, 6) is 0.268. The predicted molar refractivity (Wildman–Crippen MR) is 55.8 cm³/mol. The van der Waals surface area contributed by atoms with Crippen molar-refractivity contribution in [1.82, 2.24) is 9.97 Å². The summed E-state index contributed by atoms with van der Waals surface area (Å²) in [7, 11) is 0. The van der Waals surface area contributed by atoms with Crippen LogP contribution in [0.15, 0.2) is 30.6 Å². The van der Waals surface area contributed by atoms with E-state index in [0.717, 1.165) is 5.56 Å². The molecule has 4 heteroatoms. The van der Waals surface area contributed by atoms with E-state index < -0.39 is 6.04 Å². The SMILES string of the molecule is Cc1ccc(F)c(C(N)c2ncc[nH]2)c1. The molecule has 0 aliphatic rings. The lowest BCUT2D eigenvalue weighted by Gasteiger charge is -2.11. The molecule has 0 aliphatic carbocycles. The van der Waals surface area contributed by atoms with Gasteiger partial charge in [-0.05, 0) is 13.0 Å². The second-order valence-electron chi connectivity index (χ2n) is 3.48. The van der Waals surface area contributed by atoms with Crippen LogP contribution in [0.1, 0.15) is 23.0 Å². The van der Waals surface area contributed by atoms with E-state index in [9.17, 15) is 4.39 Å². The number of nitrogens with zero attached hydrogens (tertiary/aromatic N) is 1. The number of aromatic amines is 1. The molecule has 15 heavy (non-hydrogen) atoms. The fourth-order valence-electron chi connectivity index (χ4n) is 1.50. The minimum absolute atomic E-state index is 0.301. The first-order valence-electron chi connectivity index (χ1n) is 4.69. The van der Waals surface area contributed by atoms with Crippen LogP contribution in [0, 0.1) is 12.7 Å². The van der Waals surface area contributed by atoms with E-state index >= 15 is 0 Å². The molecule has 0 fully saturated rings.